The van der Waals surface area contributed by atoms with Crippen LogP contribution in [0, 0.1) is 0 Å². The quantitative estimate of drug-likeness (QED) is 0.300. The number of rotatable bonds is 6. The molecule has 214 valence electrons. The van der Waals surface area contributed by atoms with Crippen LogP contribution in [0.3, 0.4) is 0 Å². The average Bonchev–Trinajstić information content (AvgIpc) is 3.75. The number of pyridine rings is 1. The molecule has 3 aliphatic rings. The van der Waals surface area contributed by atoms with Crippen molar-refractivity contribution in [1.29, 1.82) is 0 Å². The minimum Gasteiger partial charge on any atom is -0.455 e. The van der Waals surface area contributed by atoms with Gasteiger partial charge in [0.15, 0.2) is 5.79 Å². The molecule has 42 heavy (non-hydrogen) atoms. The summed E-state index contributed by atoms with van der Waals surface area (Å²) in [5, 5.41) is 6.32. The highest BCUT2D eigenvalue weighted by molar-refractivity contribution is 7.99. The first kappa shape index (κ1) is 26.8. The summed E-state index contributed by atoms with van der Waals surface area (Å²) in [5.74, 6) is -0.904. The number of fused-ring (bicyclic) bond motifs is 3. The van der Waals surface area contributed by atoms with Crippen molar-refractivity contribution in [3.63, 3.8) is 0 Å². The lowest BCUT2D eigenvalue weighted by molar-refractivity contribution is -0.152. The molecule has 1 atom stereocenters. The summed E-state index contributed by atoms with van der Waals surface area (Å²) < 4.78 is 18.6. The first-order chi connectivity index (χ1) is 20.5. The van der Waals surface area contributed by atoms with E-state index in [0.29, 0.717) is 24.5 Å². The molecule has 2 aromatic carbocycles. The lowest BCUT2D eigenvalue weighted by Crippen LogP contribution is -2.49. The van der Waals surface area contributed by atoms with Gasteiger partial charge in [0.25, 0.3) is 5.91 Å². The predicted molar refractivity (Wildman–Crippen MR) is 153 cm³/mol. The van der Waals surface area contributed by atoms with Gasteiger partial charge in [0.05, 0.1) is 59.1 Å². The number of hydrogen-bond acceptors (Lipinski definition) is 10. The fourth-order valence-electron chi connectivity index (χ4n) is 5.25. The Balaban J connectivity index is 1.01. The highest BCUT2D eigenvalue weighted by Crippen LogP contribution is 2.47. The molecule has 1 spiro atoms. The summed E-state index contributed by atoms with van der Waals surface area (Å²) >= 11 is 3.04. The van der Waals surface area contributed by atoms with E-state index in [2.05, 4.69) is 20.6 Å². The molecule has 0 radical (unpaired) electrons. The molecule has 7 rings (SSSR count). The highest BCUT2D eigenvalue weighted by atomic mass is 32.2. The van der Waals surface area contributed by atoms with E-state index in [1.165, 1.54) is 16.2 Å². The van der Waals surface area contributed by atoms with E-state index in [4.69, 9.17) is 14.2 Å². The number of benzene rings is 2. The molecule has 2 saturated heterocycles. The standard InChI is InChI=1S/C29H25N5O6S2/c35-26(15-32-27(36)17-5-6-24-21(11-17)40-20-3-1-2-4-23(20)41-24)34-16-29(38-9-10-39-29)12-19(34)28(37)31-14-25-33-18-13-30-8-7-22(18)42-25/h1-8,11,13,19H,9-10,12,14-16H2,(H,31,37)(H,32,36). The van der Waals surface area contributed by atoms with Crippen molar-refractivity contribution in [3.8, 4) is 11.5 Å². The first-order valence-corrected chi connectivity index (χ1v) is 15.0. The maximum Gasteiger partial charge on any atom is 0.251 e. The van der Waals surface area contributed by atoms with E-state index in [9.17, 15) is 14.4 Å². The van der Waals surface area contributed by atoms with Crippen LogP contribution in [0.5, 0.6) is 11.5 Å². The summed E-state index contributed by atoms with van der Waals surface area (Å²) in [4.78, 5) is 51.6. The molecule has 3 amide bonds. The second-order valence-electron chi connectivity index (χ2n) is 10.0. The number of amides is 3. The van der Waals surface area contributed by atoms with Crippen molar-refractivity contribution >= 4 is 51.0 Å². The Labute approximate surface area is 248 Å². The molecular weight excluding hydrogens is 578 g/mol. The Bertz CT molecular complexity index is 1670. The van der Waals surface area contributed by atoms with Gasteiger partial charge < -0.3 is 29.7 Å². The van der Waals surface area contributed by atoms with E-state index in [1.54, 1.807) is 36.3 Å². The number of para-hydroxylation sites is 1. The molecule has 4 aromatic rings. The number of nitrogens with zero attached hydrogens (tertiary/aromatic N) is 3. The Morgan fingerprint density at radius 1 is 1.02 bits per heavy atom. The lowest BCUT2D eigenvalue weighted by Gasteiger charge is -2.24. The van der Waals surface area contributed by atoms with E-state index >= 15 is 0 Å². The molecule has 0 aliphatic carbocycles. The molecule has 5 heterocycles. The van der Waals surface area contributed by atoms with Gasteiger partial charge in [-0.05, 0) is 36.4 Å². The number of thiazole rings is 1. The maximum atomic E-state index is 13.4. The first-order valence-electron chi connectivity index (χ1n) is 13.4. The van der Waals surface area contributed by atoms with Crippen molar-refractivity contribution < 1.29 is 28.6 Å². The number of hydrogen-bond donors (Lipinski definition) is 2. The van der Waals surface area contributed by atoms with Gasteiger partial charge in [-0.25, -0.2) is 4.98 Å². The van der Waals surface area contributed by atoms with E-state index in [0.717, 1.165) is 30.8 Å². The lowest BCUT2D eigenvalue weighted by atomic mass is 10.1. The topological polar surface area (TPSA) is 132 Å². The van der Waals surface area contributed by atoms with Crippen molar-refractivity contribution in [2.45, 2.75) is 34.6 Å². The summed E-state index contributed by atoms with van der Waals surface area (Å²) in [6.07, 6.45) is 3.57. The Hall–Kier alpha value is -4.04. The molecule has 11 nitrogen and oxygen atoms in total. The monoisotopic (exact) mass is 603 g/mol. The van der Waals surface area contributed by atoms with Crippen LogP contribution in [0.1, 0.15) is 21.8 Å². The summed E-state index contributed by atoms with van der Waals surface area (Å²) in [6, 6.07) is 13.9. The molecule has 2 aromatic heterocycles. The number of aromatic nitrogens is 2. The van der Waals surface area contributed by atoms with Crippen LogP contribution >= 0.6 is 23.1 Å². The molecule has 2 N–H and O–H groups in total. The SMILES string of the molecule is O=C(NCC(=O)N1CC2(CC1C(=O)NCc1nc3cnccc3s1)OCCO2)c1ccc2c(c1)Oc1ccccc1S2. The van der Waals surface area contributed by atoms with Crippen molar-refractivity contribution in [1.82, 2.24) is 25.5 Å². The molecule has 13 heteroatoms. The third-order valence-corrected chi connectivity index (χ3v) is 9.42. The van der Waals surface area contributed by atoms with Crippen molar-refractivity contribution in [2.24, 2.45) is 0 Å². The molecular formula is C29H25N5O6S2. The van der Waals surface area contributed by atoms with Crippen LogP contribution in [-0.4, -0.2) is 70.7 Å². The Kier molecular flexibility index (Phi) is 7.02. The van der Waals surface area contributed by atoms with Gasteiger partial charge in [0, 0.05) is 18.2 Å². The fourth-order valence-corrected chi connectivity index (χ4v) is 7.06. The van der Waals surface area contributed by atoms with Crippen molar-refractivity contribution in [2.75, 3.05) is 26.3 Å². The smallest absolute Gasteiger partial charge is 0.251 e. The maximum absolute atomic E-state index is 13.4. The molecule has 2 fully saturated rings. The number of nitrogens with one attached hydrogen (secondary N) is 2. The average molecular weight is 604 g/mol. The zero-order chi connectivity index (χ0) is 28.7. The normalized spacial score (nSPS) is 18.4. The van der Waals surface area contributed by atoms with Gasteiger partial charge in [-0.3, -0.25) is 19.4 Å². The van der Waals surface area contributed by atoms with E-state index in [-0.39, 0.29) is 32.0 Å². The molecule has 0 bridgehead atoms. The van der Waals surface area contributed by atoms with Gasteiger partial charge in [-0.1, -0.05) is 23.9 Å². The largest absolute Gasteiger partial charge is 0.455 e. The van der Waals surface area contributed by atoms with Gasteiger partial charge in [0.2, 0.25) is 11.8 Å². The molecule has 0 saturated carbocycles. The van der Waals surface area contributed by atoms with Crippen LogP contribution in [0.2, 0.25) is 0 Å². The summed E-state index contributed by atoms with van der Waals surface area (Å²) in [6.45, 7) is 0.784. The van der Waals surface area contributed by atoms with Gasteiger partial charge in [0.1, 0.15) is 22.5 Å². The molecule has 1 unspecified atom stereocenters. The van der Waals surface area contributed by atoms with Crippen molar-refractivity contribution in [3.05, 3.63) is 71.5 Å². The van der Waals surface area contributed by atoms with Crippen LogP contribution in [0.25, 0.3) is 10.2 Å². The van der Waals surface area contributed by atoms with Crippen LogP contribution in [0.15, 0.2) is 70.7 Å². The van der Waals surface area contributed by atoms with Gasteiger partial charge in [-0.2, -0.15) is 0 Å². The van der Waals surface area contributed by atoms with Gasteiger partial charge >= 0.3 is 0 Å². The van der Waals surface area contributed by atoms with E-state index in [1.807, 2.05) is 36.4 Å². The third kappa shape index (κ3) is 5.20. The Morgan fingerprint density at radius 2 is 1.86 bits per heavy atom. The second-order valence-corrected chi connectivity index (χ2v) is 12.2. The van der Waals surface area contributed by atoms with Crippen LogP contribution < -0.4 is 15.4 Å². The fraction of sp³-hybridized carbons (Fsp3) is 0.276. The van der Waals surface area contributed by atoms with E-state index < -0.39 is 23.6 Å². The zero-order valence-electron chi connectivity index (χ0n) is 22.2. The number of ether oxygens (including phenoxy) is 3. The highest BCUT2D eigenvalue weighted by Gasteiger charge is 2.52. The third-order valence-electron chi connectivity index (χ3n) is 7.27. The predicted octanol–water partition coefficient (Wildman–Crippen LogP) is 3.34. The van der Waals surface area contributed by atoms with Crippen LogP contribution in [0.4, 0.5) is 0 Å². The summed E-state index contributed by atoms with van der Waals surface area (Å²) in [5.41, 5.74) is 1.13. The summed E-state index contributed by atoms with van der Waals surface area (Å²) in [7, 11) is 0. The minimum atomic E-state index is -1.03. The number of carbonyl (C=O) groups is 3. The molecule has 3 aliphatic heterocycles. The van der Waals surface area contributed by atoms with Crippen LogP contribution in [-0.2, 0) is 25.6 Å². The van der Waals surface area contributed by atoms with Gasteiger partial charge in [-0.15, -0.1) is 11.3 Å². The minimum absolute atomic E-state index is 0.0932. The zero-order valence-corrected chi connectivity index (χ0v) is 23.8. The number of carbonyl (C=O) groups excluding carboxylic acids is 3. The second kappa shape index (κ2) is 11.0. The number of likely N-dealkylation sites (tertiary alicyclic amines) is 1. The Morgan fingerprint density at radius 3 is 2.71 bits per heavy atom.